The Hall–Kier alpha value is -1.36. The van der Waals surface area contributed by atoms with Gasteiger partial charge in [0.05, 0.1) is 5.92 Å². The molecule has 0 aromatic heterocycles. The maximum absolute atomic E-state index is 12.0. The zero-order valence-electron chi connectivity index (χ0n) is 9.73. The average molecular weight is 312 g/mol. The summed E-state index contributed by atoms with van der Waals surface area (Å²) in [7, 11) is 0. The lowest BCUT2D eigenvalue weighted by atomic mass is 10.0. The highest BCUT2D eigenvalue weighted by molar-refractivity contribution is 9.10. The SMILES string of the molecule is O=C(O)[C@@H]1CC[C@H](C(=O)Nc2cccc(Br)c2)C1. The molecule has 1 aromatic carbocycles. The number of hydrogen-bond donors (Lipinski definition) is 2. The van der Waals surface area contributed by atoms with Crippen LogP contribution in [0.25, 0.3) is 0 Å². The first-order chi connectivity index (χ1) is 8.56. The summed E-state index contributed by atoms with van der Waals surface area (Å²) in [6.07, 6.45) is 1.68. The molecule has 0 aliphatic heterocycles. The molecule has 2 N–H and O–H groups in total. The van der Waals surface area contributed by atoms with Crippen LogP contribution < -0.4 is 5.32 Å². The predicted octanol–water partition coefficient (Wildman–Crippen LogP) is 2.89. The van der Waals surface area contributed by atoms with Gasteiger partial charge in [-0.15, -0.1) is 0 Å². The lowest BCUT2D eigenvalue weighted by Crippen LogP contribution is -2.21. The van der Waals surface area contributed by atoms with Crippen LogP contribution in [0, 0.1) is 11.8 Å². The molecule has 2 atom stereocenters. The first kappa shape index (κ1) is 13.1. The number of carbonyl (C=O) groups is 2. The molecular formula is C13H14BrNO3. The van der Waals surface area contributed by atoms with E-state index in [1.54, 1.807) is 0 Å². The number of carboxylic acids is 1. The van der Waals surface area contributed by atoms with Gasteiger partial charge >= 0.3 is 5.97 Å². The van der Waals surface area contributed by atoms with Crippen molar-refractivity contribution in [2.45, 2.75) is 19.3 Å². The second-order valence-corrected chi connectivity index (χ2v) is 5.46. The second kappa shape index (κ2) is 5.52. The number of benzene rings is 1. The highest BCUT2D eigenvalue weighted by atomic mass is 79.9. The molecule has 1 saturated carbocycles. The minimum atomic E-state index is -0.798. The van der Waals surface area contributed by atoms with E-state index in [0.29, 0.717) is 19.3 Å². The van der Waals surface area contributed by atoms with Gasteiger partial charge in [0.15, 0.2) is 0 Å². The number of amides is 1. The minimum Gasteiger partial charge on any atom is -0.481 e. The van der Waals surface area contributed by atoms with Gasteiger partial charge in [-0.05, 0) is 37.5 Å². The number of rotatable bonds is 3. The summed E-state index contributed by atoms with van der Waals surface area (Å²) in [4.78, 5) is 22.8. The van der Waals surface area contributed by atoms with Gasteiger partial charge in [-0.3, -0.25) is 9.59 Å². The van der Waals surface area contributed by atoms with Crippen LogP contribution in [0.1, 0.15) is 19.3 Å². The number of nitrogens with one attached hydrogen (secondary N) is 1. The zero-order valence-corrected chi connectivity index (χ0v) is 11.3. The lowest BCUT2D eigenvalue weighted by Gasteiger charge is -2.10. The van der Waals surface area contributed by atoms with E-state index in [2.05, 4.69) is 21.2 Å². The van der Waals surface area contributed by atoms with Crippen molar-refractivity contribution in [1.82, 2.24) is 0 Å². The molecule has 2 rings (SSSR count). The van der Waals surface area contributed by atoms with Gasteiger partial charge in [-0.1, -0.05) is 22.0 Å². The van der Waals surface area contributed by atoms with Crippen LogP contribution in [0.15, 0.2) is 28.7 Å². The topological polar surface area (TPSA) is 66.4 Å². The number of anilines is 1. The van der Waals surface area contributed by atoms with Crippen molar-refractivity contribution >= 4 is 33.5 Å². The van der Waals surface area contributed by atoms with Gasteiger partial charge in [0.25, 0.3) is 0 Å². The molecule has 0 bridgehead atoms. The van der Waals surface area contributed by atoms with Crippen molar-refractivity contribution in [2.75, 3.05) is 5.32 Å². The average Bonchev–Trinajstić information content (AvgIpc) is 2.78. The van der Waals surface area contributed by atoms with Crippen LogP contribution in [0.2, 0.25) is 0 Å². The summed E-state index contributed by atoms with van der Waals surface area (Å²) >= 11 is 3.34. The van der Waals surface area contributed by atoms with E-state index in [0.717, 1.165) is 10.2 Å². The Morgan fingerprint density at radius 1 is 1.28 bits per heavy atom. The number of hydrogen-bond acceptors (Lipinski definition) is 2. The maximum atomic E-state index is 12.0. The normalized spacial score (nSPS) is 22.7. The summed E-state index contributed by atoms with van der Waals surface area (Å²) in [5.74, 6) is -1.45. The Morgan fingerprint density at radius 2 is 2.00 bits per heavy atom. The molecule has 0 saturated heterocycles. The highest BCUT2D eigenvalue weighted by Crippen LogP contribution is 2.32. The van der Waals surface area contributed by atoms with E-state index >= 15 is 0 Å². The summed E-state index contributed by atoms with van der Waals surface area (Å²) in [6, 6.07) is 7.36. The van der Waals surface area contributed by atoms with Crippen molar-refractivity contribution in [3.05, 3.63) is 28.7 Å². The third-order valence-corrected chi connectivity index (χ3v) is 3.74. The van der Waals surface area contributed by atoms with Gasteiger partial charge in [0.1, 0.15) is 0 Å². The Labute approximate surface area is 114 Å². The molecule has 1 amide bonds. The van der Waals surface area contributed by atoms with E-state index in [9.17, 15) is 9.59 Å². The monoisotopic (exact) mass is 311 g/mol. The molecule has 5 heteroatoms. The minimum absolute atomic E-state index is 0.0862. The summed E-state index contributed by atoms with van der Waals surface area (Å²) < 4.78 is 0.898. The summed E-state index contributed by atoms with van der Waals surface area (Å²) in [6.45, 7) is 0. The van der Waals surface area contributed by atoms with Gasteiger partial charge in [-0.2, -0.15) is 0 Å². The number of halogens is 1. The molecule has 0 unspecified atom stereocenters. The van der Waals surface area contributed by atoms with E-state index in [4.69, 9.17) is 5.11 Å². The van der Waals surface area contributed by atoms with Crippen molar-refractivity contribution in [2.24, 2.45) is 11.8 Å². The van der Waals surface area contributed by atoms with Gasteiger partial charge in [0, 0.05) is 16.1 Å². The molecule has 1 fully saturated rings. The molecule has 18 heavy (non-hydrogen) atoms. The van der Waals surface area contributed by atoms with E-state index < -0.39 is 5.97 Å². The summed E-state index contributed by atoms with van der Waals surface area (Å²) in [5, 5.41) is 11.7. The quantitative estimate of drug-likeness (QED) is 0.902. The standard InChI is InChI=1S/C13H14BrNO3/c14-10-2-1-3-11(7-10)15-12(16)8-4-5-9(6-8)13(17)18/h1-3,7-9H,4-6H2,(H,15,16)(H,17,18)/t8-,9+/m0/s1. The van der Waals surface area contributed by atoms with Crippen LogP contribution in [-0.2, 0) is 9.59 Å². The predicted molar refractivity (Wildman–Crippen MR) is 71.2 cm³/mol. The van der Waals surface area contributed by atoms with Crippen LogP contribution in [0.4, 0.5) is 5.69 Å². The Morgan fingerprint density at radius 3 is 2.61 bits per heavy atom. The molecule has 1 aromatic rings. The second-order valence-electron chi connectivity index (χ2n) is 4.54. The number of carbonyl (C=O) groups excluding carboxylic acids is 1. The summed E-state index contributed by atoms with van der Waals surface area (Å²) in [5.41, 5.74) is 0.730. The van der Waals surface area contributed by atoms with Gasteiger partial charge in [0.2, 0.25) is 5.91 Å². The molecule has 0 radical (unpaired) electrons. The van der Waals surface area contributed by atoms with Crippen LogP contribution in [-0.4, -0.2) is 17.0 Å². The van der Waals surface area contributed by atoms with E-state index in [1.807, 2.05) is 24.3 Å². The Bertz CT molecular complexity index is 475. The van der Waals surface area contributed by atoms with Crippen molar-refractivity contribution in [1.29, 1.82) is 0 Å². The van der Waals surface area contributed by atoms with Crippen molar-refractivity contribution in [3.63, 3.8) is 0 Å². The zero-order chi connectivity index (χ0) is 13.1. The maximum Gasteiger partial charge on any atom is 0.306 e. The molecule has 96 valence electrons. The molecule has 1 aliphatic carbocycles. The van der Waals surface area contributed by atoms with Crippen molar-refractivity contribution < 1.29 is 14.7 Å². The molecule has 1 aliphatic rings. The van der Waals surface area contributed by atoms with E-state index in [-0.39, 0.29) is 17.7 Å². The smallest absolute Gasteiger partial charge is 0.306 e. The molecular weight excluding hydrogens is 298 g/mol. The Balaban J connectivity index is 1.95. The lowest BCUT2D eigenvalue weighted by molar-refractivity contribution is -0.141. The molecule has 0 spiro atoms. The first-order valence-electron chi connectivity index (χ1n) is 5.85. The number of aliphatic carboxylic acids is 1. The molecule has 4 nitrogen and oxygen atoms in total. The number of carboxylic acid groups (broad SMARTS) is 1. The Kier molecular flexibility index (Phi) is 4.01. The first-order valence-corrected chi connectivity index (χ1v) is 6.65. The van der Waals surface area contributed by atoms with Gasteiger partial charge in [-0.25, -0.2) is 0 Å². The fourth-order valence-electron chi connectivity index (χ4n) is 2.25. The fraction of sp³-hybridized carbons (Fsp3) is 0.385. The highest BCUT2D eigenvalue weighted by Gasteiger charge is 2.33. The third kappa shape index (κ3) is 3.10. The molecule has 0 heterocycles. The van der Waals surface area contributed by atoms with Crippen LogP contribution >= 0.6 is 15.9 Å². The van der Waals surface area contributed by atoms with Gasteiger partial charge < -0.3 is 10.4 Å². The largest absolute Gasteiger partial charge is 0.481 e. The fourth-order valence-corrected chi connectivity index (χ4v) is 2.65. The van der Waals surface area contributed by atoms with E-state index in [1.165, 1.54) is 0 Å². The van der Waals surface area contributed by atoms with Crippen LogP contribution in [0.5, 0.6) is 0 Å². The van der Waals surface area contributed by atoms with Crippen molar-refractivity contribution in [3.8, 4) is 0 Å². The third-order valence-electron chi connectivity index (χ3n) is 3.24. The van der Waals surface area contributed by atoms with Crippen LogP contribution in [0.3, 0.4) is 0 Å².